The molecule has 90 valence electrons. The summed E-state index contributed by atoms with van der Waals surface area (Å²) < 4.78 is 1.94. The molecule has 0 fully saturated rings. The number of unbranched alkanes of at least 4 members (excludes halogenated alkanes) is 1. The molecule has 0 radical (unpaired) electrons. The van der Waals surface area contributed by atoms with E-state index >= 15 is 0 Å². The van der Waals surface area contributed by atoms with Gasteiger partial charge in [-0.05, 0) is 30.2 Å². The third-order valence-corrected chi connectivity index (χ3v) is 2.69. The number of nitrogens with zero attached hydrogens (tertiary/aromatic N) is 2. The molecular formula is C14H19N3. The van der Waals surface area contributed by atoms with Crippen molar-refractivity contribution < 1.29 is 0 Å². The molecule has 17 heavy (non-hydrogen) atoms. The fourth-order valence-electron chi connectivity index (χ4n) is 1.77. The molecule has 1 aromatic carbocycles. The van der Waals surface area contributed by atoms with Crippen molar-refractivity contribution in [2.24, 2.45) is 0 Å². The van der Waals surface area contributed by atoms with Crippen molar-refractivity contribution in [3.8, 4) is 0 Å². The number of anilines is 1. The topological polar surface area (TPSA) is 29.9 Å². The van der Waals surface area contributed by atoms with Gasteiger partial charge in [-0.15, -0.1) is 0 Å². The van der Waals surface area contributed by atoms with Gasteiger partial charge in [0.15, 0.2) is 0 Å². The molecule has 2 rings (SSSR count). The van der Waals surface area contributed by atoms with Crippen LogP contribution in [0.4, 0.5) is 5.69 Å². The standard InChI is InChI=1S/C14H19N3/c1-2-3-8-15-14-7-4-6-13(11-14)12-17-10-5-9-16-17/h4-7,9-11,15H,2-3,8,12H2,1H3. The molecule has 0 spiro atoms. The van der Waals surface area contributed by atoms with Crippen molar-refractivity contribution in [3.63, 3.8) is 0 Å². The molecule has 0 saturated carbocycles. The van der Waals surface area contributed by atoms with Crippen LogP contribution in [0.3, 0.4) is 0 Å². The van der Waals surface area contributed by atoms with Crippen molar-refractivity contribution in [3.05, 3.63) is 48.3 Å². The van der Waals surface area contributed by atoms with E-state index in [0.29, 0.717) is 0 Å². The number of benzene rings is 1. The van der Waals surface area contributed by atoms with E-state index in [2.05, 4.69) is 41.6 Å². The molecular weight excluding hydrogens is 210 g/mol. The van der Waals surface area contributed by atoms with Crippen molar-refractivity contribution in [1.82, 2.24) is 9.78 Å². The van der Waals surface area contributed by atoms with E-state index in [-0.39, 0.29) is 0 Å². The highest BCUT2D eigenvalue weighted by Gasteiger charge is 1.97. The molecule has 0 aliphatic heterocycles. The monoisotopic (exact) mass is 229 g/mol. The first kappa shape index (κ1) is 11.7. The Bertz CT molecular complexity index is 434. The highest BCUT2D eigenvalue weighted by atomic mass is 15.3. The first-order chi connectivity index (χ1) is 8.38. The lowest BCUT2D eigenvalue weighted by atomic mass is 10.2. The fraction of sp³-hybridized carbons (Fsp3) is 0.357. The van der Waals surface area contributed by atoms with Crippen LogP contribution in [0.1, 0.15) is 25.3 Å². The molecule has 0 atom stereocenters. The Labute approximate surface area is 102 Å². The number of aromatic nitrogens is 2. The smallest absolute Gasteiger partial charge is 0.0660 e. The largest absolute Gasteiger partial charge is 0.385 e. The second kappa shape index (κ2) is 6.09. The highest BCUT2D eigenvalue weighted by Crippen LogP contribution is 2.11. The van der Waals surface area contributed by atoms with Gasteiger partial charge in [0.25, 0.3) is 0 Å². The Morgan fingerprint density at radius 1 is 1.29 bits per heavy atom. The summed E-state index contributed by atoms with van der Waals surface area (Å²) in [6.07, 6.45) is 6.23. The normalized spacial score (nSPS) is 10.4. The second-order valence-electron chi connectivity index (χ2n) is 4.18. The lowest BCUT2D eigenvalue weighted by Gasteiger charge is -2.08. The van der Waals surface area contributed by atoms with Crippen LogP contribution in [0.15, 0.2) is 42.7 Å². The van der Waals surface area contributed by atoms with Gasteiger partial charge in [0.1, 0.15) is 0 Å². The van der Waals surface area contributed by atoms with Gasteiger partial charge in [-0.1, -0.05) is 25.5 Å². The third kappa shape index (κ3) is 3.63. The first-order valence-corrected chi connectivity index (χ1v) is 6.18. The van der Waals surface area contributed by atoms with Crippen LogP contribution < -0.4 is 5.32 Å². The summed E-state index contributed by atoms with van der Waals surface area (Å²) >= 11 is 0. The lowest BCUT2D eigenvalue weighted by molar-refractivity contribution is 0.687. The van der Waals surface area contributed by atoms with Crippen molar-refractivity contribution in [2.75, 3.05) is 11.9 Å². The minimum Gasteiger partial charge on any atom is -0.385 e. The number of rotatable bonds is 6. The van der Waals surface area contributed by atoms with Crippen molar-refractivity contribution >= 4 is 5.69 Å². The molecule has 0 amide bonds. The third-order valence-electron chi connectivity index (χ3n) is 2.69. The summed E-state index contributed by atoms with van der Waals surface area (Å²) in [5, 5.41) is 7.65. The molecule has 1 aromatic heterocycles. The van der Waals surface area contributed by atoms with Crippen LogP contribution in [-0.4, -0.2) is 16.3 Å². The van der Waals surface area contributed by atoms with Gasteiger partial charge in [-0.2, -0.15) is 5.10 Å². The van der Waals surface area contributed by atoms with Gasteiger partial charge >= 0.3 is 0 Å². The lowest BCUT2D eigenvalue weighted by Crippen LogP contribution is -2.03. The predicted molar refractivity (Wildman–Crippen MR) is 71.2 cm³/mol. The molecule has 3 nitrogen and oxygen atoms in total. The Hall–Kier alpha value is -1.77. The minimum atomic E-state index is 0.830. The van der Waals surface area contributed by atoms with E-state index < -0.39 is 0 Å². The molecule has 0 aliphatic rings. The number of hydrogen-bond acceptors (Lipinski definition) is 2. The summed E-state index contributed by atoms with van der Waals surface area (Å²) in [7, 11) is 0. The van der Waals surface area contributed by atoms with E-state index in [9.17, 15) is 0 Å². The Morgan fingerprint density at radius 2 is 2.24 bits per heavy atom. The van der Waals surface area contributed by atoms with Gasteiger partial charge in [0.05, 0.1) is 6.54 Å². The van der Waals surface area contributed by atoms with E-state index in [4.69, 9.17) is 0 Å². The van der Waals surface area contributed by atoms with Crippen LogP contribution in [-0.2, 0) is 6.54 Å². The highest BCUT2D eigenvalue weighted by molar-refractivity contribution is 5.45. The fourth-order valence-corrected chi connectivity index (χ4v) is 1.77. The zero-order chi connectivity index (χ0) is 11.9. The second-order valence-corrected chi connectivity index (χ2v) is 4.18. The molecule has 0 saturated heterocycles. The summed E-state index contributed by atoms with van der Waals surface area (Å²) in [5.41, 5.74) is 2.47. The molecule has 3 heteroatoms. The van der Waals surface area contributed by atoms with E-state index in [1.165, 1.54) is 24.1 Å². The molecule has 0 unspecified atom stereocenters. The van der Waals surface area contributed by atoms with Gasteiger partial charge in [0, 0.05) is 24.6 Å². The maximum Gasteiger partial charge on any atom is 0.0660 e. The zero-order valence-corrected chi connectivity index (χ0v) is 10.3. The first-order valence-electron chi connectivity index (χ1n) is 6.18. The van der Waals surface area contributed by atoms with Crippen LogP contribution in [0.2, 0.25) is 0 Å². The van der Waals surface area contributed by atoms with Crippen LogP contribution in [0.5, 0.6) is 0 Å². The van der Waals surface area contributed by atoms with E-state index in [1.54, 1.807) is 0 Å². The van der Waals surface area contributed by atoms with Crippen LogP contribution >= 0.6 is 0 Å². The summed E-state index contributed by atoms with van der Waals surface area (Å²) in [6.45, 7) is 4.08. The van der Waals surface area contributed by atoms with Crippen LogP contribution in [0, 0.1) is 0 Å². The van der Waals surface area contributed by atoms with Gasteiger partial charge in [0.2, 0.25) is 0 Å². The zero-order valence-electron chi connectivity index (χ0n) is 10.3. The average molecular weight is 229 g/mol. The summed E-state index contributed by atoms with van der Waals surface area (Å²) in [6, 6.07) is 10.5. The van der Waals surface area contributed by atoms with Crippen LogP contribution in [0.25, 0.3) is 0 Å². The Balaban J connectivity index is 1.96. The summed E-state index contributed by atoms with van der Waals surface area (Å²) in [5.74, 6) is 0. The number of nitrogens with one attached hydrogen (secondary N) is 1. The average Bonchev–Trinajstić information content (AvgIpc) is 2.83. The molecule has 0 bridgehead atoms. The Kier molecular flexibility index (Phi) is 4.19. The van der Waals surface area contributed by atoms with E-state index in [1.807, 2.05) is 23.1 Å². The number of hydrogen-bond donors (Lipinski definition) is 1. The van der Waals surface area contributed by atoms with Gasteiger partial charge < -0.3 is 5.32 Å². The minimum absolute atomic E-state index is 0.830. The SMILES string of the molecule is CCCCNc1cccc(Cn2cccn2)c1. The predicted octanol–water partition coefficient (Wildman–Crippen LogP) is 3.14. The molecule has 1 heterocycles. The van der Waals surface area contributed by atoms with Gasteiger partial charge in [-0.3, -0.25) is 4.68 Å². The maximum absolute atomic E-state index is 4.21. The van der Waals surface area contributed by atoms with Crippen molar-refractivity contribution in [1.29, 1.82) is 0 Å². The quantitative estimate of drug-likeness (QED) is 0.771. The molecule has 1 N–H and O–H groups in total. The maximum atomic E-state index is 4.21. The molecule has 0 aliphatic carbocycles. The van der Waals surface area contributed by atoms with E-state index in [0.717, 1.165) is 13.1 Å². The molecule has 2 aromatic rings. The summed E-state index contributed by atoms with van der Waals surface area (Å²) in [4.78, 5) is 0. The van der Waals surface area contributed by atoms with Gasteiger partial charge in [-0.25, -0.2) is 0 Å². The Morgan fingerprint density at radius 3 is 3.00 bits per heavy atom. The van der Waals surface area contributed by atoms with Crippen molar-refractivity contribution in [2.45, 2.75) is 26.3 Å².